The Hall–Kier alpha value is -1.67. The van der Waals surface area contributed by atoms with Gasteiger partial charge in [0.25, 0.3) is 0 Å². The zero-order chi connectivity index (χ0) is 15.2. The lowest BCUT2D eigenvalue weighted by Gasteiger charge is -2.27. The maximum atomic E-state index is 9.21. The number of aliphatic hydroxyl groups is 1. The number of piperidine rings is 1. The highest BCUT2D eigenvalue weighted by Crippen LogP contribution is 2.19. The highest BCUT2D eigenvalue weighted by molar-refractivity contribution is 5.43. The molecule has 1 aliphatic heterocycles. The molecule has 1 aromatic heterocycles. The molecule has 1 aliphatic rings. The first-order valence-electron chi connectivity index (χ1n) is 7.49. The van der Waals surface area contributed by atoms with E-state index in [1.165, 1.54) is 6.42 Å². The van der Waals surface area contributed by atoms with Crippen molar-refractivity contribution in [2.75, 3.05) is 35.3 Å². The summed E-state index contributed by atoms with van der Waals surface area (Å²) >= 11 is 0. The Morgan fingerprint density at radius 3 is 2.43 bits per heavy atom. The van der Waals surface area contributed by atoms with Crippen LogP contribution in [0.25, 0.3) is 0 Å². The highest BCUT2D eigenvalue weighted by atomic mass is 16.3. The summed E-state index contributed by atoms with van der Waals surface area (Å²) < 4.78 is 0. The van der Waals surface area contributed by atoms with Crippen LogP contribution < -0.4 is 21.5 Å². The smallest absolute Gasteiger partial charge is 0.243 e. The van der Waals surface area contributed by atoms with E-state index >= 15 is 0 Å². The van der Waals surface area contributed by atoms with E-state index in [0.29, 0.717) is 17.8 Å². The zero-order valence-corrected chi connectivity index (χ0v) is 12.7. The number of aliphatic hydroxyl groups excluding tert-OH is 1. The van der Waals surface area contributed by atoms with Crippen molar-refractivity contribution in [2.45, 2.75) is 39.2 Å². The average Bonchev–Trinajstić information content (AvgIpc) is 2.54. The van der Waals surface area contributed by atoms with Crippen LogP contribution in [0.1, 0.15) is 33.1 Å². The lowest BCUT2D eigenvalue weighted by molar-refractivity contribution is 0.226. The Morgan fingerprint density at radius 1 is 1.14 bits per heavy atom. The van der Waals surface area contributed by atoms with Gasteiger partial charge in [0.1, 0.15) is 0 Å². The van der Waals surface area contributed by atoms with Crippen LogP contribution in [0.2, 0.25) is 0 Å². The molecule has 1 fully saturated rings. The summed E-state index contributed by atoms with van der Waals surface area (Å²) in [4.78, 5) is 15.2. The van der Waals surface area contributed by atoms with Gasteiger partial charge in [-0.2, -0.15) is 15.0 Å². The SMILES string of the molecule is CC(CO)C(C)Nc1nc(NN)nc(N2CCCCC2)n1. The van der Waals surface area contributed by atoms with Gasteiger partial charge >= 0.3 is 0 Å². The fraction of sp³-hybridized carbons (Fsp3) is 0.769. The summed E-state index contributed by atoms with van der Waals surface area (Å²) in [6, 6.07) is 0.0530. The number of hydrogen-bond acceptors (Lipinski definition) is 8. The van der Waals surface area contributed by atoms with E-state index in [2.05, 4.69) is 30.6 Å². The average molecular weight is 295 g/mol. The molecular weight excluding hydrogens is 270 g/mol. The van der Waals surface area contributed by atoms with Crippen molar-refractivity contribution < 1.29 is 5.11 Å². The van der Waals surface area contributed by atoms with Crippen molar-refractivity contribution in [3.8, 4) is 0 Å². The minimum absolute atomic E-state index is 0.0530. The molecule has 1 aromatic rings. The van der Waals surface area contributed by atoms with Crippen molar-refractivity contribution in [2.24, 2.45) is 11.8 Å². The van der Waals surface area contributed by atoms with Gasteiger partial charge in [0.2, 0.25) is 17.8 Å². The Kier molecular flexibility index (Phi) is 5.51. The Morgan fingerprint density at radius 2 is 1.81 bits per heavy atom. The van der Waals surface area contributed by atoms with E-state index in [1.807, 2.05) is 13.8 Å². The number of nitrogen functional groups attached to an aromatic ring is 1. The van der Waals surface area contributed by atoms with Crippen LogP contribution in [0.3, 0.4) is 0 Å². The van der Waals surface area contributed by atoms with E-state index in [9.17, 15) is 5.11 Å². The summed E-state index contributed by atoms with van der Waals surface area (Å²) in [6.07, 6.45) is 3.55. The number of nitrogens with zero attached hydrogens (tertiary/aromatic N) is 4. The summed E-state index contributed by atoms with van der Waals surface area (Å²) in [7, 11) is 0. The number of aromatic nitrogens is 3. The predicted octanol–water partition coefficient (Wildman–Crippen LogP) is 0.576. The quantitative estimate of drug-likeness (QED) is 0.445. The minimum Gasteiger partial charge on any atom is -0.396 e. The third-order valence-electron chi connectivity index (χ3n) is 3.89. The van der Waals surface area contributed by atoms with E-state index in [-0.39, 0.29) is 18.6 Å². The van der Waals surface area contributed by atoms with Gasteiger partial charge in [-0.3, -0.25) is 5.43 Å². The minimum atomic E-state index is 0.0530. The first-order valence-corrected chi connectivity index (χ1v) is 7.49. The van der Waals surface area contributed by atoms with Crippen molar-refractivity contribution in [3.63, 3.8) is 0 Å². The second kappa shape index (κ2) is 7.37. The van der Waals surface area contributed by atoms with Gasteiger partial charge in [-0.25, -0.2) is 5.84 Å². The molecular formula is C13H25N7O. The summed E-state index contributed by atoms with van der Waals surface area (Å²) in [5, 5.41) is 12.4. The highest BCUT2D eigenvalue weighted by Gasteiger charge is 2.18. The van der Waals surface area contributed by atoms with Crippen molar-refractivity contribution >= 4 is 17.8 Å². The van der Waals surface area contributed by atoms with E-state index < -0.39 is 0 Å². The standard InChI is InChI=1S/C13H25N7O/c1-9(8-21)10(2)15-11-16-12(19-14)18-13(17-11)20-6-4-3-5-7-20/h9-10,21H,3-8,14H2,1-2H3,(H2,15,16,17,18,19). The predicted molar refractivity (Wildman–Crippen MR) is 83.0 cm³/mol. The molecule has 2 atom stereocenters. The van der Waals surface area contributed by atoms with Gasteiger partial charge < -0.3 is 15.3 Å². The Balaban J connectivity index is 2.16. The van der Waals surface area contributed by atoms with Crippen molar-refractivity contribution in [3.05, 3.63) is 0 Å². The third-order valence-corrected chi connectivity index (χ3v) is 3.89. The second-order valence-electron chi connectivity index (χ2n) is 5.57. The van der Waals surface area contributed by atoms with E-state index in [4.69, 9.17) is 5.84 Å². The van der Waals surface area contributed by atoms with E-state index in [0.717, 1.165) is 25.9 Å². The van der Waals surface area contributed by atoms with Crippen LogP contribution in [-0.4, -0.2) is 45.8 Å². The van der Waals surface area contributed by atoms with Crippen LogP contribution in [-0.2, 0) is 0 Å². The maximum absolute atomic E-state index is 9.21. The van der Waals surface area contributed by atoms with Crippen LogP contribution in [0, 0.1) is 5.92 Å². The molecule has 0 bridgehead atoms. The van der Waals surface area contributed by atoms with Gasteiger partial charge in [-0.05, 0) is 32.1 Å². The summed E-state index contributed by atoms with van der Waals surface area (Å²) in [6.45, 7) is 5.97. The molecule has 0 aromatic carbocycles. The third kappa shape index (κ3) is 4.15. The van der Waals surface area contributed by atoms with Gasteiger partial charge in [0, 0.05) is 25.7 Å². The van der Waals surface area contributed by atoms with Crippen LogP contribution in [0.15, 0.2) is 0 Å². The molecule has 5 N–H and O–H groups in total. The monoisotopic (exact) mass is 295 g/mol. The fourth-order valence-electron chi connectivity index (χ4n) is 2.23. The largest absolute Gasteiger partial charge is 0.396 e. The summed E-state index contributed by atoms with van der Waals surface area (Å²) in [5.41, 5.74) is 2.49. The van der Waals surface area contributed by atoms with Crippen LogP contribution in [0.4, 0.5) is 17.8 Å². The fourth-order valence-corrected chi connectivity index (χ4v) is 2.23. The number of anilines is 3. The number of nitrogens with one attached hydrogen (secondary N) is 2. The molecule has 21 heavy (non-hydrogen) atoms. The Bertz CT molecular complexity index is 450. The molecule has 8 heteroatoms. The van der Waals surface area contributed by atoms with Crippen LogP contribution in [0.5, 0.6) is 0 Å². The maximum Gasteiger partial charge on any atom is 0.243 e. The molecule has 0 radical (unpaired) electrons. The van der Waals surface area contributed by atoms with Gasteiger partial charge in [-0.15, -0.1) is 0 Å². The second-order valence-corrected chi connectivity index (χ2v) is 5.57. The molecule has 8 nitrogen and oxygen atoms in total. The van der Waals surface area contributed by atoms with Crippen LogP contribution >= 0.6 is 0 Å². The number of hydrogen-bond donors (Lipinski definition) is 4. The van der Waals surface area contributed by atoms with Crippen molar-refractivity contribution in [1.82, 2.24) is 15.0 Å². The number of rotatable bonds is 6. The molecule has 2 heterocycles. The normalized spacial score (nSPS) is 18.2. The lowest BCUT2D eigenvalue weighted by atomic mass is 10.1. The molecule has 0 aliphatic carbocycles. The molecule has 0 amide bonds. The molecule has 2 rings (SSSR count). The van der Waals surface area contributed by atoms with Gasteiger partial charge in [-0.1, -0.05) is 6.92 Å². The zero-order valence-electron chi connectivity index (χ0n) is 12.7. The molecule has 0 saturated carbocycles. The number of hydrazine groups is 1. The van der Waals surface area contributed by atoms with Gasteiger partial charge in [0.15, 0.2) is 0 Å². The van der Waals surface area contributed by atoms with E-state index in [1.54, 1.807) is 0 Å². The molecule has 118 valence electrons. The first-order chi connectivity index (χ1) is 10.1. The molecule has 2 unspecified atom stereocenters. The topological polar surface area (TPSA) is 112 Å². The Labute approximate surface area is 125 Å². The summed E-state index contributed by atoms with van der Waals surface area (Å²) in [5.74, 6) is 7.02. The first kappa shape index (κ1) is 15.7. The number of nitrogens with two attached hydrogens (primary N) is 1. The molecule has 0 spiro atoms. The lowest BCUT2D eigenvalue weighted by Crippen LogP contribution is -2.33. The molecule has 1 saturated heterocycles. The van der Waals surface area contributed by atoms with Crippen molar-refractivity contribution in [1.29, 1.82) is 0 Å². The van der Waals surface area contributed by atoms with Gasteiger partial charge in [0.05, 0.1) is 0 Å².